The van der Waals surface area contributed by atoms with Crippen LogP contribution in [0, 0.1) is 5.41 Å². The van der Waals surface area contributed by atoms with Gasteiger partial charge in [-0.2, -0.15) is 0 Å². The molecule has 1 rings (SSSR count). The van der Waals surface area contributed by atoms with Crippen LogP contribution in [0.2, 0.25) is 0 Å². The second-order valence-electron chi connectivity index (χ2n) is 2.57. The van der Waals surface area contributed by atoms with E-state index in [0.717, 1.165) is 11.3 Å². The predicted octanol–water partition coefficient (Wildman–Crippen LogP) is 1.72. The monoisotopic (exact) mass is 175 g/mol. The van der Waals surface area contributed by atoms with Crippen LogP contribution in [0.1, 0.15) is 5.56 Å². The topological polar surface area (TPSA) is 61.9 Å². The number of hydrogen-bond donors (Lipinski definition) is 3. The Hall–Kier alpha value is -1.61. The number of nitrogens with two attached hydrogens (primary N) is 1. The summed E-state index contributed by atoms with van der Waals surface area (Å²) in [7, 11) is 0. The molecule has 0 spiro atoms. The molecule has 13 heavy (non-hydrogen) atoms. The summed E-state index contributed by atoms with van der Waals surface area (Å²) in [5, 5.41) is 9.79. The molecule has 0 radical (unpaired) electrons. The van der Waals surface area contributed by atoms with Crippen molar-refractivity contribution >= 4 is 11.9 Å². The molecule has 0 unspecified atom stereocenters. The summed E-state index contributed by atoms with van der Waals surface area (Å²) in [5.74, 6) is 0. The Morgan fingerprint density at radius 3 is 2.54 bits per heavy atom. The average Bonchev–Trinajstić information content (AvgIpc) is 2.19. The van der Waals surface area contributed by atoms with Gasteiger partial charge < -0.3 is 16.5 Å². The maximum absolute atomic E-state index is 6.76. The highest BCUT2D eigenvalue weighted by Gasteiger charge is 1.89. The van der Waals surface area contributed by atoms with Crippen molar-refractivity contribution in [2.45, 2.75) is 6.54 Å². The minimum absolute atomic E-state index is 0.566. The van der Waals surface area contributed by atoms with Gasteiger partial charge in [0.2, 0.25) is 0 Å². The van der Waals surface area contributed by atoms with Gasteiger partial charge in [0.1, 0.15) is 0 Å². The zero-order valence-electron chi connectivity index (χ0n) is 7.33. The van der Waals surface area contributed by atoms with Crippen molar-refractivity contribution in [3.8, 4) is 0 Å². The number of anilines is 1. The van der Waals surface area contributed by atoms with Gasteiger partial charge in [-0.1, -0.05) is 12.1 Å². The van der Waals surface area contributed by atoms with Gasteiger partial charge in [-0.3, -0.25) is 0 Å². The van der Waals surface area contributed by atoms with E-state index in [2.05, 4.69) is 5.32 Å². The molecule has 0 amide bonds. The van der Waals surface area contributed by atoms with E-state index in [-0.39, 0.29) is 0 Å². The second-order valence-corrected chi connectivity index (χ2v) is 2.57. The van der Waals surface area contributed by atoms with E-state index in [1.807, 2.05) is 24.3 Å². The first-order valence-electron chi connectivity index (χ1n) is 4.08. The maximum atomic E-state index is 6.76. The molecule has 0 heterocycles. The summed E-state index contributed by atoms with van der Waals surface area (Å²) in [4.78, 5) is 0. The second kappa shape index (κ2) is 5.11. The zero-order valence-corrected chi connectivity index (χ0v) is 7.33. The van der Waals surface area contributed by atoms with Gasteiger partial charge in [0.05, 0.1) is 0 Å². The SMILES string of the molecule is N=C/C=C\Nc1ccc(CN)cc1. The normalized spacial score (nSPS) is 10.2. The predicted molar refractivity (Wildman–Crippen MR) is 55.9 cm³/mol. The molecular formula is C10H13N3. The van der Waals surface area contributed by atoms with Gasteiger partial charge >= 0.3 is 0 Å². The van der Waals surface area contributed by atoms with Crippen LogP contribution in [0.15, 0.2) is 36.5 Å². The van der Waals surface area contributed by atoms with E-state index < -0.39 is 0 Å². The summed E-state index contributed by atoms with van der Waals surface area (Å²) in [6.07, 6.45) is 4.56. The van der Waals surface area contributed by atoms with Crippen LogP contribution < -0.4 is 11.1 Å². The van der Waals surface area contributed by atoms with Crippen molar-refractivity contribution in [3.63, 3.8) is 0 Å². The number of nitrogens with one attached hydrogen (secondary N) is 2. The fraction of sp³-hybridized carbons (Fsp3) is 0.100. The Morgan fingerprint density at radius 2 is 2.00 bits per heavy atom. The van der Waals surface area contributed by atoms with Gasteiger partial charge in [-0.05, 0) is 23.8 Å². The fourth-order valence-corrected chi connectivity index (χ4v) is 0.930. The summed E-state index contributed by atoms with van der Waals surface area (Å²) in [6.45, 7) is 0.566. The molecule has 1 aromatic rings. The van der Waals surface area contributed by atoms with Crippen molar-refractivity contribution in [1.29, 1.82) is 5.41 Å². The van der Waals surface area contributed by atoms with Gasteiger partial charge in [0.25, 0.3) is 0 Å². The Bertz CT molecular complexity index is 288. The molecule has 0 atom stereocenters. The molecule has 0 saturated heterocycles. The third-order valence-corrected chi connectivity index (χ3v) is 1.63. The largest absolute Gasteiger partial charge is 0.362 e. The Morgan fingerprint density at radius 1 is 1.31 bits per heavy atom. The van der Waals surface area contributed by atoms with Gasteiger partial charge in [-0.25, -0.2) is 0 Å². The lowest BCUT2D eigenvalue weighted by molar-refractivity contribution is 1.07. The maximum Gasteiger partial charge on any atom is 0.0379 e. The molecule has 0 saturated carbocycles. The quantitative estimate of drug-likeness (QED) is 0.610. The van der Waals surface area contributed by atoms with E-state index in [4.69, 9.17) is 11.1 Å². The Labute approximate surface area is 77.8 Å². The van der Waals surface area contributed by atoms with E-state index in [9.17, 15) is 0 Å². The first-order valence-corrected chi connectivity index (χ1v) is 4.08. The first kappa shape index (κ1) is 9.48. The number of hydrogen-bond acceptors (Lipinski definition) is 3. The van der Waals surface area contributed by atoms with Gasteiger partial charge in [0, 0.05) is 24.6 Å². The van der Waals surface area contributed by atoms with E-state index in [1.54, 1.807) is 12.3 Å². The van der Waals surface area contributed by atoms with Crippen LogP contribution in [0.25, 0.3) is 0 Å². The summed E-state index contributed by atoms with van der Waals surface area (Å²) in [6, 6.07) is 7.86. The third kappa shape index (κ3) is 3.09. The molecule has 0 bridgehead atoms. The number of allylic oxidation sites excluding steroid dienone is 1. The lowest BCUT2D eigenvalue weighted by Gasteiger charge is -2.01. The lowest BCUT2D eigenvalue weighted by atomic mass is 10.2. The minimum atomic E-state index is 0.566. The first-order chi connectivity index (χ1) is 6.36. The molecule has 1 aromatic carbocycles. The smallest absolute Gasteiger partial charge is 0.0379 e. The number of benzene rings is 1. The zero-order chi connectivity index (χ0) is 9.52. The Kier molecular flexibility index (Phi) is 3.73. The lowest BCUT2D eigenvalue weighted by Crippen LogP contribution is -1.96. The van der Waals surface area contributed by atoms with Gasteiger partial charge in [-0.15, -0.1) is 0 Å². The van der Waals surface area contributed by atoms with Crippen LogP contribution in [0.3, 0.4) is 0 Å². The molecule has 3 nitrogen and oxygen atoms in total. The summed E-state index contributed by atoms with van der Waals surface area (Å²) < 4.78 is 0. The van der Waals surface area contributed by atoms with Crippen molar-refractivity contribution in [2.24, 2.45) is 5.73 Å². The fourth-order valence-electron chi connectivity index (χ4n) is 0.930. The van der Waals surface area contributed by atoms with Crippen molar-refractivity contribution in [2.75, 3.05) is 5.32 Å². The highest BCUT2D eigenvalue weighted by molar-refractivity contribution is 5.68. The molecule has 3 heteroatoms. The van der Waals surface area contributed by atoms with E-state index >= 15 is 0 Å². The van der Waals surface area contributed by atoms with Crippen LogP contribution in [-0.4, -0.2) is 6.21 Å². The van der Waals surface area contributed by atoms with Crippen molar-refractivity contribution < 1.29 is 0 Å². The molecule has 0 aliphatic carbocycles. The molecule has 4 N–H and O–H groups in total. The van der Waals surface area contributed by atoms with Crippen LogP contribution >= 0.6 is 0 Å². The molecule has 0 fully saturated rings. The van der Waals surface area contributed by atoms with E-state index in [1.165, 1.54) is 6.21 Å². The standard InChI is InChI=1S/C10H13N3/c11-6-1-7-13-10-4-2-9(8-12)3-5-10/h1-7,11,13H,8,12H2/b7-1-,11-6?. The van der Waals surface area contributed by atoms with E-state index in [0.29, 0.717) is 6.54 Å². The van der Waals surface area contributed by atoms with Crippen LogP contribution in [0.5, 0.6) is 0 Å². The van der Waals surface area contributed by atoms with Crippen LogP contribution in [0.4, 0.5) is 5.69 Å². The molecule has 68 valence electrons. The third-order valence-electron chi connectivity index (χ3n) is 1.63. The summed E-state index contributed by atoms with van der Waals surface area (Å²) >= 11 is 0. The summed E-state index contributed by atoms with van der Waals surface area (Å²) in [5.41, 5.74) is 7.57. The molecular weight excluding hydrogens is 162 g/mol. The van der Waals surface area contributed by atoms with Crippen molar-refractivity contribution in [3.05, 3.63) is 42.1 Å². The highest BCUT2D eigenvalue weighted by Crippen LogP contribution is 2.08. The molecule has 0 aromatic heterocycles. The van der Waals surface area contributed by atoms with Gasteiger partial charge in [0.15, 0.2) is 0 Å². The van der Waals surface area contributed by atoms with Crippen molar-refractivity contribution in [1.82, 2.24) is 0 Å². The average molecular weight is 175 g/mol. The number of rotatable bonds is 4. The van der Waals surface area contributed by atoms with Crippen LogP contribution in [-0.2, 0) is 6.54 Å². The molecule has 0 aliphatic heterocycles. The minimum Gasteiger partial charge on any atom is -0.362 e. The highest BCUT2D eigenvalue weighted by atomic mass is 14.8. The Balaban J connectivity index is 2.58. The molecule has 0 aliphatic rings.